The Morgan fingerprint density at radius 2 is 1.54 bits per heavy atom. The van der Waals surface area contributed by atoms with Crippen LogP contribution in [-0.4, -0.2) is 23.3 Å². The molecular weight excluding hydrogens is 462 g/mol. The average molecular weight is 496 g/mol. The zero-order valence-electron chi connectivity index (χ0n) is 21.7. The highest BCUT2D eigenvalue weighted by Gasteiger charge is 2.45. The molecule has 4 aromatic rings. The van der Waals surface area contributed by atoms with Gasteiger partial charge in [0.2, 0.25) is 0 Å². The summed E-state index contributed by atoms with van der Waals surface area (Å²) in [5.41, 5.74) is 7.59. The van der Waals surface area contributed by atoms with Gasteiger partial charge in [-0.25, -0.2) is 0 Å². The average Bonchev–Trinajstić information content (AvgIpc) is 3.59. The SMILES string of the molecule is COc1ccc(CC(C)Cc2c(C)noc2-c2ccc(-c3ccc(C4(CC(=O)O)CC4)cc3)cc2)cc1. The van der Waals surface area contributed by atoms with Crippen molar-refractivity contribution >= 4 is 5.97 Å². The predicted octanol–water partition coefficient (Wildman–Crippen LogP) is 7.25. The van der Waals surface area contributed by atoms with Crippen LogP contribution in [-0.2, 0) is 23.1 Å². The minimum Gasteiger partial charge on any atom is -0.497 e. The number of ether oxygens (including phenoxy) is 1. The molecule has 0 radical (unpaired) electrons. The van der Waals surface area contributed by atoms with Gasteiger partial charge in [-0.2, -0.15) is 0 Å². The summed E-state index contributed by atoms with van der Waals surface area (Å²) >= 11 is 0. The van der Waals surface area contributed by atoms with E-state index in [-0.39, 0.29) is 11.8 Å². The lowest BCUT2D eigenvalue weighted by Crippen LogP contribution is -2.12. The fourth-order valence-electron chi connectivity index (χ4n) is 5.28. The number of aliphatic carboxylic acids is 1. The van der Waals surface area contributed by atoms with Crippen molar-refractivity contribution in [2.45, 2.75) is 51.4 Å². The molecule has 190 valence electrons. The molecule has 1 heterocycles. The lowest BCUT2D eigenvalue weighted by Gasteiger charge is -2.14. The molecule has 0 aliphatic heterocycles. The first-order valence-electron chi connectivity index (χ1n) is 12.9. The van der Waals surface area contributed by atoms with Crippen molar-refractivity contribution in [3.05, 3.63) is 95.2 Å². The fraction of sp³-hybridized carbons (Fsp3) is 0.312. The quantitative estimate of drug-likeness (QED) is 0.251. The Labute approximate surface area is 218 Å². The molecule has 0 saturated heterocycles. The smallest absolute Gasteiger partial charge is 0.304 e. The van der Waals surface area contributed by atoms with Crippen molar-refractivity contribution in [3.63, 3.8) is 0 Å². The molecule has 1 fully saturated rings. The van der Waals surface area contributed by atoms with Gasteiger partial charge in [0.05, 0.1) is 19.2 Å². The predicted molar refractivity (Wildman–Crippen MR) is 145 cm³/mol. The van der Waals surface area contributed by atoms with Gasteiger partial charge in [0, 0.05) is 16.5 Å². The zero-order valence-corrected chi connectivity index (χ0v) is 21.7. The molecule has 1 unspecified atom stereocenters. The highest BCUT2D eigenvalue weighted by molar-refractivity contribution is 5.72. The van der Waals surface area contributed by atoms with Crippen LogP contribution in [0.2, 0.25) is 0 Å². The number of carboxylic acid groups (broad SMARTS) is 1. The Bertz CT molecular complexity index is 1360. The van der Waals surface area contributed by atoms with Gasteiger partial charge in [0.25, 0.3) is 0 Å². The molecule has 1 N–H and O–H groups in total. The first-order valence-corrected chi connectivity index (χ1v) is 12.9. The Hall–Kier alpha value is -3.86. The molecule has 1 aliphatic rings. The number of nitrogens with zero attached hydrogens (tertiary/aromatic N) is 1. The van der Waals surface area contributed by atoms with E-state index in [0.29, 0.717) is 5.92 Å². The number of aryl methyl sites for hydroxylation is 1. The molecule has 5 heteroatoms. The molecule has 5 nitrogen and oxygen atoms in total. The Kier molecular flexibility index (Phi) is 6.88. The molecule has 1 aliphatic carbocycles. The second-order valence-electron chi connectivity index (χ2n) is 10.4. The number of carbonyl (C=O) groups is 1. The van der Waals surface area contributed by atoms with E-state index in [1.807, 2.05) is 19.1 Å². The largest absolute Gasteiger partial charge is 0.497 e. The van der Waals surface area contributed by atoms with Crippen molar-refractivity contribution in [1.82, 2.24) is 5.16 Å². The van der Waals surface area contributed by atoms with Crippen molar-refractivity contribution in [2.24, 2.45) is 5.92 Å². The van der Waals surface area contributed by atoms with Gasteiger partial charge in [-0.15, -0.1) is 0 Å². The summed E-state index contributed by atoms with van der Waals surface area (Å²) in [6.07, 6.45) is 3.96. The highest BCUT2D eigenvalue weighted by Crippen LogP contribution is 2.51. The second kappa shape index (κ2) is 10.3. The maximum absolute atomic E-state index is 11.2. The number of methoxy groups -OCH3 is 1. The van der Waals surface area contributed by atoms with E-state index in [1.165, 1.54) is 5.56 Å². The monoisotopic (exact) mass is 495 g/mol. The maximum atomic E-state index is 11.2. The van der Waals surface area contributed by atoms with Gasteiger partial charge in [-0.05, 0) is 72.9 Å². The van der Waals surface area contributed by atoms with Crippen LogP contribution in [0.4, 0.5) is 0 Å². The third-order valence-corrected chi connectivity index (χ3v) is 7.60. The molecule has 3 aromatic carbocycles. The Morgan fingerprint density at radius 3 is 2.11 bits per heavy atom. The normalized spacial score (nSPS) is 14.8. The van der Waals surface area contributed by atoms with Crippen LogP contribution in [0, 0.1) is 12.8 Å². The first-order chi connectivity index (χ1) is 17.9. The minimum atomic E-state index is -0.727. The lowest BCUT2D eigenvalue weighted by molar-refractivity contribution is -0.137. The van der Waals surface area contributed by atoms with Gasteiger partial charge >= 0.3 is 5.97 Å². The number of aromatic nitrogens is 1. The third-order valence-electron chi connectivity index (χ3n) is 7.60. The van der Waals surface area contributed by atoms with Crippen LogP contribution >= 0.6 is 0 Å². The summed E-state index contributed by atoms with van der Waals surface area (Å²) < 4.78 is 11.1. The van der Waals surface area contributed by atoms with Crippen molar-refractivity contribution in [3.8, 4) is 28.2 Å². The molecule has 1 saturated carbocycles. The maximum Gasteiger partial charge on any atom is 0.304 e. The number of carboxylic acids is 1. The van der Waals surface area contributed by atoms with E-state index in [2.05, 4.69) is 72.7 Å². The number of hydrogen-bond donors (Lipinski definition) is 1. The third kappa shape index (κ3) is 5.46. The van der Waals surface area contributed by atoms with Crippen LogP contribution in [0.25, 0.3) is 22.5 Å². The number of rotatable bonds is 10. The van der Waals surface area contributed by atoms with Crippen molar-refractivity contribution in [1.29, 1.82) is 0 Å². The summed E-state index contributed by atoms with van der Waals surface area (Å²) in [6.45, 7) is 4.27. The Balaban J connectivity index is 1.29. The standard InChI is InChI=1S/C32H33NO4/c1-21(18-23-4-14-28(36-3)15-5-23)19-29-22(2)33-37-31(29)26-8-6-24(7-9-26)25-10-12-27(13-11-25)32(16-17-32)20-30(34)35/h4-15,21H,16-20H2,1-3H3,(H,34,35). The summed E-state index contributed by atoms with van der Waals surface area (Å²) in [7, 11) is 1.68. The van der Waals surface area contributed by atoms with E-state index in [0.717, 1.165) is 70.7 Å². The fourth-order valence-corrected chi connectivity index (χ4v) is 5.28. The molecule has 1 atom stereocenters. The topological polar surface area (TPSA) is 72.6 Å². The van der Waals surface area contributed by atoms with Crippen LogP contribution in [0.15, 0.2) is 77.3 Å². The molecule has 5 rings (SSSR count). The summed E-state index contributed by atoms with van der Waals surface area (Å²) in [5, 5.41) is 13.5. The molecule has 0 spiro atoms. The zero-order chi connectivity index (χ0) is 26.0. The van der Waals surface area contributed by atoms with E-state index in [4.69, 9.17) is 9.26 Å². The molecule has 37 heavy (non-hydrogen) atoms. The van der Waals surface area contributed by atoms with Gasteiger partial charge < -0.3 is 14.4 Å². The van der Waals surface area contributed by atoms with Gasteiger partial charge in [0.1, 0.15) is 5.75 Å². The van der Waals surface area contributed by atoms with E-state index in [9.17, 15) is 9.90 Å². The number of benzene rings is 3. The minimum absolute atomic E-state index is 0.167. The molecule has 0 amide bonds. The first kappa shape index (κ1) is 24.8. The molecular formula is C32H33NO4. The second-order valence-corrected chi connectivity index (χ2v) is 10.4. The van der Waals surface area contributed by atoms with Crippen molar-refractivity contribution in [2.75, 3.05) is 7.11 Å². The lowest BCUT2D eigenvalue weighted by atomic mass is 9.90. The van der Waals surface area contributed by atoms with Crippen molar-refractivity contribution < 1.29 is 19.2 Å². The summed E-state index contributed by atoms with van der Waals surface area (Å²) in [4.78, 5) is 11.2. The highest BCUT2D eigenvalue weighted by atomic mass is 16.5. The molecule has 1 aromatic heterocycles. The molecule has 0 bridgehead atoms. The van der Waals surface area contributed by atoms with Crippen LogP contribution < -0.4 is 4.74 Å². The summed E-state index contributed by atoms with van der Waals surface area (Å²) in [6, 6.07) is 25.0. The summed E-state index contributed by atoms with van der Waals surface area (Å²) in [5.74, 6) is 1.41. The van der Waals surface area contributed by atoms with Crippen LogP contribution in [0.1, 0.15) is 48.6 Å². The Morgan fingerprint density at radius 1 is 0.946 bits per heavy atom. The number of hydrogen-bond acceptors (Lipinski definition) is 4. The van der Waals surface area contributed by atoms with E-state index >= 15 is 0 Å². The van der Waals surface area contributed by atoms with Gasteiger partial charge in [-0.1, -0.05) is 72.7 Å². The van der Waals surface area contributed by atoms with E-state index in [1.54, 1.807) is 7.11 Å². The van der Waals surface area contributed by atoms with Gasteiger partial charge in [-0.3, -0.25) is 4.79 Å². The van der Waals surface area contributed by atoms with Crippen LogP contribution in [0.3, 0.4) is 0 Å². The van der Waals surface area contributed by atoms with E-state index < -0.39 is 5.97 Å². The van der Waals surface area contributed by atoms with Gasteiger partial charge in [0.15, 0.2) is 5.76 Å². The van der Waals surface area contributed by atoms with Crippen LogP contribution in [0.5, 0.6) is 5.75 Å².